The standard InChI is InChI=1S/C18H15BrN2O3S/c19-15-9-4-5-11-17(15)25(22,23)21-18-16(10-6-12-20-18)24-13-14-7-2-1-3-8-14/h1-12H,13H2,(H,20,21). The molecule has 128 valence electrons. The van der Waals surface area contributed by atoms with Crippen LogP contribution >= 0.6 is 15.9 Å². The van der Waals surface area contributed by atoms with Crippen LogP contribution in [0.1, 0.15) is 5.56 Å². The molecule has 7 heteroatoms. The first-order chi connectivity index (χ1) is 12.1. The summed E-state index contributed by atoms with van der Waals surface area (Å²) in [5.74, 6) is 0.510. The molecule has 0 atom stereocenters. The summed E-state index contributed by atoms with van der Waals surface area (Å²) in [6.45, 7) is 0.316. The summed E-state index contributed by atoms with van der Waals surface area (Å²) in [6, 6.07) is 19.6. The van der Waals surface area contributed by atoms with Gasteiger partial charge in [0.25, 0.3) is 10.0 Å². The molecule has 3 aromatic rings. The average Bonchev–Trinajstić information content (AvgIpc) is 2.62. The summed E-state index contributed by atoms with van der Waals surface area (Å²) in [5, 5.41) is 0. The highest BCUT2D eigenvalue weighted by molar-refractivity contribution is 9.10. The lowest BCUT2D eigenvalue weighted by Gasteiger charge is -2.13. The van der Waals surface area contributed by atoms with E-state index in [0.717, 1.165) is 5.56 Å². The first-order valence-corrected chi connectivity index (χ1v) is 9.73. The van der Waals surface area contributed by atoms with Gasteiger partial charge in [-0.25, -0.2) is 13.4 Å². The van der Waals surface area contributed by atoms with E-state index in [1.54, 1.807) is 30.3 Å². The Morgan fingerprint density at radius 1 is 0.960 bits per heavy atom. The predicted octanol–water partition coefficient (Wildman–Crippen LogP) is 4.22. The van der Waals surface area contributed by atoms with E-state index in [1.807, 2.05) is 30.3 Å². The Balaban J connectivity index is 1.82. The average molecular weight is 419 g/mol. The topological polar surface area (TPSA) is 68.3 Å². The number of aromatic nitrogens is 1. The lowest BCUT2D eigenvalue weighted by atomic mass is 10.2. The number of pyridine rings is 1. The Kier molecular flexibility index (Phi) is 5.35. The minimum Gasteiger partial charge on any atom is -0.485 e. The van der Waals surface area contributed by atoms with Gasteiger partial charge < -0.3 is 4.74 Å². The molecular formula is C18H15BrN2O3S. The van der Waals surface area contributed by atoms with Crippen molar-refractivity contribution < 1.29 is 13.2 Å². The summed E-state index contributed by atoms with van der Waals surface area (Å²) in [4.78, 5) is 4.23. The number of anilines is 1. The van der Waals surface area contributed by atoms with Crippen LogP contribution in [-0.4, -0.2) is 13.4 Å². The Hall–Kier alpha value is -2.38. The molecule has 0 unspecified atom stereocenters. The number of hydrogen-bond donors (Lipinski definition) is 1. The third-order valence-electron chi connectivity index (χ3n) is 3.37. The van der Waals surface area contributed by atoms with Crippen molar-refractivity contribution >= 4 is 31.8 Å². The zero-order valence-corrected chi connectivity index (χ0v) is 15.5. The number of ether oxygens (including phenoxy) is 1. The van der Waals surface area contributed by atoms with Crippen molar-refractivity contribution in [2.24, 2.45) is 0 Å². The van der Waals surface area contributed by atoms with Gasteiger partial charge in [0.15, 0.2) is 11.6 Å². The van der Waals surface area contributed by atoms with E-state index < -0.39 is 10.0 Å². The molecule has 0 saturated carbocycles. The van der Waals surface area contributed by atoms with Gasteiger partial charge in [-0.15, -0.1) is 0 Å². The number of benzene rings is 2. The van der Waals surface area contributed by atoms with E-state index >= 15 is 0 Å². The van der Waals surface area contributed by atoms with Crippen LogP contribution in [0.25, 0.3) is 0 Å². The molecule has 0 spiro atoms. The molecule has 0 bridgehead atoms. The molecular weight excluding hydrogens is 404 g/mol. The van der Waals surface area contributed by atoms with Gasteiger partial charge in [0.05, 0.1) is 0 Å². The zero-order chi connectivity index (χ0) is 17.7. The minimum absolute atomic E-state index is 0.134. The quantitative estimate of drug-likeness (QED) is 0.650. The second-order valence-corrected chi connectivity index (χ2v) is 7.67. The van der Waals surface area contributed by atoms with Crippen molar-refractivity contribution in [1.82, 2.24) is 4.98 Å². The summed E-state index contributed by atoms with van der Waals surface area (Å²) < 4.78 is 33.9. The molecule has 0 amide bonds. The Morgan fingerprint density at radius 3 is 2.44 bits per heavy atom. The van der Waals surface area contributed by atoms with Gasteiger partial charge in [0.1, 0.15) is 11.5 Å². The smallest absolute Gasteiger partial charge is 0.264 e. The molecule has 0 saturated heterocycles. The largest absolute Gasteiger partial charge is 0.485 e. The second-order valence-electron chi connectivity index (χ2n) is 5.16. The van der Waals surface area contributed by atoms with Crippen LogP contribution in [0, 0.1) is 0 Å². The number of rotatable bonds is 6. The maximum Gasteiger partial charge on any atom is 0.264 e. The first kappa shape index (κ1) is 17.4. The molecule has 1 aromatic heterocycles. The molecule has 1 heterocycles. The van der Waals surface area contributed by atoms with E-state index in [-0.39, 0.29) is 10.7 Å². The van der Waals surface area contributed by atoms with Crippen molar-refractivity contribution in [3.05, 3.63) is 83.0 Å². The molecule has 3 rings (SSSR count). The molecule has 2 aromatic carbocycles. The molecule has 1 N–H and O–H groups in total. The van der Waals surface area contributed by atoms with Gasteiger partial charge >= 0.3 is 0 Å². The van der Waals surface area contributed by atoms with Gasteiger partial charge in [-0.05, 0) is 45.8 Å². The molecule has 0 radical (unpaired) electrons. The van der Waals surface area contributed by atoms with Crippen molar-refractivity contribution in [2.45, 2.75) is 11.5 Å². The maximum absolute atomic E-state index is 12.6. The fourth-order valence-electron chi connectivity index (χ4n) is 2.16. The molecule has 0 aliphatic carbocycles. The monoisotopic (exact) mass is 418 g/mol. The van der Waals surface area contributed by atoms with E-state index in [1.165, 1.54) is 12.3 Å². The molecule has 0 aliphatic heterocycles. The summed E-state index contributed by atoms with van der Waals surface area (Å²) in [5.41, 5.74) is 0.978. The van der Waals surface area contributed by atoms with Crippen molar-refractivity contribution in [1.29, 1.82) is 0 Å². The SMILES string of the molecule is O=S(=O)(Nc1ncccc1OCc1ccccc1)c1ccccc1Br. The summed E-state index contributed by atoms with van der Waals surface area (Å²) >= 11 is 3.25. The first-order valence-electron chi connectivity index (χ1n) is 7.45. The van der Waals surface area contributed by atoms with Crippen LogP contribution in [0.5, 0.6) is 5.75 Å². The normalized spacial score (nSPS) is 11.1. The minimum atomic E-state index is -3.79. The predicted molar refractivity (Wildman–Crippen MR) is 100.0 cm³/mol. The van der Waals surface area contributed by atoms with Crippen molar-refractivity contribution in [2.75, 3.05) is 4.72 Å². The van der Waals surface area contributed by atoms with Gasteiger partial charge in [0.2, 0.25) is 0 Å². The lowest BCUT2D eigenvalue weighted by molar-refractivity contribution is 0.307. The highest BCUT2D eigenvalue weighted by Crippen LogP contribution is 2.27. The maximum atomic E-state index is 12.6. The Morgan fingerprint density at radius 2 is 1.68 bits per heavy atom. The second kappa shape index (κ2) is 7.67. The summed E-state index contributed by atoms with van der Waals surface area (Å²) in [6.07, 6.45) is 1.51. The van der Waals surface area contributed by atoms with E-state index in [0.29, 0.717) is 16.8 Å². The molecule has 0 fully saturated rings. The Bertz CT molecular complexity index is 963. The molecule has 5 nitrogen and oxygen atoms in total. The molecule has 0 aliphatic rings. The fourth-order valence-corrected chi connectivity index (χ4v) is 4.19. The highest BCUT2D eigenvalue weighted by atomic mass is 79.9. The van der Waals surface area contributed by atoms with E-state index in [4.69, 9.17) is 4.74 Å². The van der Waals surface area contributed by atoms with Crippen LogP contribution in [0.15, 0.2) is 82.3 Å². The van der Waals surface area contributed by atoms with Crippen molar-refractivity contribution in [3.8, 4) is 5.75 Å². The van der Waals surface area contributed by atoms with Gasteiger partial charge in [-0.2, -0.15) is 0 Å². The number of nitrogens with one attached hydrogen (secondary N) is 1. The van der Waals surface area contributed by atoms with Crippen LogP contribution in [0.2, 0.25) is 0 Å². The zero-order valence-electron chi connectivity index (χ0n) is 13.1. The summed E-state index contributed by atoms with van der Waals surface area (Å²) in [7, 11) is -3.79. The van der Waals surface area contributed by atoms with Crippen LogP contribution < -0.4 is 9.46 Å². The Labute approximate surface area is 154 Å². The van der Waals surface area contributed by atoms with E-state index in [2.05, 4.69) is 25.6 Å². The van der Waals surface area contributed by atoms with Crippen LogP contribution in [-0.2, 0) is 16.6 Å². The number of sulfonamides is 1. The fraction of sp³-hybridized carbons (Fsp3) is 0.0556. The van der Waals surface area contributed by atoms with Crippen LogP contribution in [0.4, 0.5) is 5.82 Å². The number of halogens is 1. The highest BCUT2D eigenvalue weighted by Gasteiger charge is 2.19. The van der Waals surface area contributed by atoms with Gasteiger partial charge in [-0.3, -0.25) is 4.72 Å². The third kappa shape index (κ3) is 4.37. The van der Waals surface area contributed by atoms with E-state index in [9.17, 15) is 8.42 Å². The van der Waals surface area contributed by atoms with Gasteiger partial charge in [-0.1, -0.05) is 42.5 Å². The van der Waals surface area contributed by atoms with Crippen LogP contribution in [0.3, 0.4) is 0 Å². The molecule has 25 heavy (non-hydrogen) atoms. The van der Waals surface area contributed by atoms with Gasteiger partial charge in [0, 0.05) is 10.7 Å². The third-order valence-corrected chi connectivity index (χ3v) is 5.72. The lowest BCUT2D eigenvalue weighted by Crippen LogP contribution is -2.15. The number of hydrogen-bond acceptors (Lipinski definition) is 4. The van der Waals surface area contributed by atoms with Crippen molar-refractivity contribution in [3.63, 3.8) is 0 Å². The number of nitrogens with zero attached hydrogens (tertiary/aromatic N) is 1.